The van der Waals surface area contributed by atoms with Crippen LogP contribution < -0.4 is 11.0 Å². The first-order valence-corrected chi connectivity index (χ1v) is 15.5. The first-order valence-electron chi connectivity index (χ1n) is 14.7. The summed E-state index contributed by atoms with van der Waals surface area (Å²) in [6.07, 6.45) is 1.85. The van der Waals surface area contributed by atoms with Gasteiger partial charge in [-0.05, 0) is 40.4 Å². The van der Waals surface area contributed by atoms with Crippen molar-refractivity contribution < 1.29 is 48.8 Å². The number of fused-ring (bicyclic) bond motifs is 5. The highest BCUT2D eigenvalue weighted by molar-refractivity contribution is 9.10. The zero-order valence-electron chi connectivity index (χ0n) is 25.1. The monoisotopic (exact) mass is 720 g/mol. The number of nitrogens with zero attached hydrogens (tertiary/aromatic N) is 2. The molecular weight excluding hydrogens is 696 g/mol. The molecule has 1 fully saturated rings. The molecule has 48 heavy (non-hydrogen) atoms. The molecule has 1 spiro atoms. The highest BCUT2D eigenvalue weighted by Crippen LogP contribution is 2.58. The highest BCUT2D eigenvalue weighted by atomic mass is 79.9. The van der Waals surface area contributed by atoms with Gasteiger partial charge in [-0.1, -0.05) is 0 Å². The van der Waals surface area contributed by atoms with E-state index >= 15 is 0 Å². The van der Waals surface area contributed by atoms with Crippen LogP contribution in [0.2, 0.25) is 0 Å². The Morgan fingerprint density at radius 2 is 1.73 bits per heavy atom. The summed E-state index contributed by atoms with van der Waals surface area (Å²) in [6.45, 7) is 2.38. The molecule has 1 amide bonds. The number of Topliss-reactive ketones (excluding diaryl/α,β-unsaturated/α-hetero) is 3. The van der Waals surface area contributed by atoms with Crippen molar-refractivity contribution >= 4 is 62.0 Å². The number of carbonyl (C=O) groups excluding carboxylic acids is 5. The molecule has 4 aliphatic rings. The SMILES string of the molecule is COC1=CC(=O)c2c(O)c3c(c(O)c2C1=O)C(=O)[C@]1(CCc2c1c(O)c1c(=O)[nH]c(/C=N/NC(=O)CN4CCOCC4)cc1c2Br)C3=O. The van der Waals surface area contributed by atoms with Crippen LogP contribution in [0.1, 0.15) is 64.7 Å². The Balaban J connectivity index is 1.29. The molecule has 0 radical (unpaired) electrons. The van der Waals surface area contributed by atoms with Crippen LogP contribution in [0.4, 0.5) is 0 Å². The largest absolute Gasteiger partial charge is 0.507 e. The van der Waals surface area contributed by atoms with E-state index in [1.54, 1.807) is 0 Å². The number of carbonyl (C=O) groups is 5. The van der Waals surface area contributed by atoms with Crippen molar-refractivity contribution in [1.29, 1.82) is 0 Å². The van der Waals surface area contributed by atoms with Crippen molar-refractivity contribution in [3.05, 3.63) is 71.8 Å². The molecule has 2 heterocycles. The van der Waals surface area contributed by atoms with Gasteiger partial charge in [0.05, 0.1) is 66.4 Å². The standard InChI is InChI=1S/C32H25BrN4O11/c1-47-16-9-15(38)19-20(25(16)40)27(42)22-21(26(19)41)29(44)32(30(22)45)3-2-13-23(32)28(43)18-14(24(13)33)8-12(35-31(18)46)10-34-36-17(39)11-37-4-6-48-7-5-37/h8-10,41-43H,2-7,11H2,1H3,(H,35,46)(H,36,39)/b34-10+/t32-/m0/s1. The Bertz CT molecular complexity index is 2180. The molecule has 3 aliphatic carbocycles. The van der Waals surface area contributed by atoms with Gasteiger partial charge in [0, 0.05) is 34.6 Å². The summed E-state index contributed by atoms with van der Waals surface area (Å²) in [5.74, 6) is -7.32. The summed E-state index contributed by atoms with van der Waals surface area (Å²) in [5, 5.41) is 37.9. The number of hydrogen-bond donors (Lipinski definition) is 5. The van der Waals surface area contributed by atoms with Gasteiger partial charge in [0.2, 0.25) is 5.78 Å². The van der Waals surface area contributed by atoms with Crippen LogP contribution in [0, 0.1) is 0 Å². The lowest BCUT2D eigenvalue weighted by atomic mass is 9.76. The van der Waals surface area contributed by atoms with Crippen LogP contribution in [-0.2, 0) is 26.1 Å². The molecule has 1 aliphatic heterocycles. The number of nitrogens with one attached hydrogen (secondary N) is 2. The molecule has 16 heteroatoms. The van der Waals surface area contributed by atoms with Crippen LogP contribution in [0.5, 0.6) is 17.2 Å². The normalized spacial score (nSPS) is 20.4. The quantitative estimate of drug-likeness (QED) is 0.109. The summed E-state index contributed by atoms with van der Waals surface area (Å²) in [7, 11) is 1.12. The number of aromatic hydroxyl groups is 3. The number of aromatic amines is 1. The maximum atomic E-state index is 14.2. The number of morpholine rings is 1. The maximum Gasteiger partial charge on any atom is 0.260 e. The molecule has 0 saturated carbocycles. The van der Waals surface area contributed by atoms with Crippen molar-refractivity contribution in [2.75, 3.05) is 40.0 Å². The van der Waals surface area contributed by atoms with Gasteiger partial charge in [-0.2, -0.15) is 5.10 Å². The number of hydrazone groups is 1. The number of ether oxygens (including phenoxy) is 2. The summed E-state index contributed by atoms with van der Waals surface area (Å²) in [4.78, 5) is 84.4. The van der Waals surface area contributed by atoms with E-state index in [4.69, 9.17) is 9.47 Å². The topological polar surface area (TPSA) is 225 Å². The first kappa shape index (κ1) is 31.4. The van der Waals surface area contributed by atoms with Crippen LogP contribution in [-0.4, -0.2) is 100 Å². The molecule has 1 aromatic heterocycles. The highest BCUT2D eigenvalue weighted by Gasteiger charge is 2.62. The summed E-state index contributed by atoms with van der Waals surface area (Å²) in [6, 6.07) is 1.49. The van der Waals surface area contributed by atoms with Gasteiger partial charge in [0.1, 0.15) is 22.7 Å². The lowest BCUT2D eigenvalue weighted by molar-refractivity contribution is -0.123. The lowest BCUT2D eigenvalue weighted by Crippen LogP contribution is -2.42. The number of pyridine rings is 1. The number of phenols is 3. The fourth-order valence-electron chi connectivity index (χ4n) is 7.04. The van der Waals surface area contributed by atoms with Crippen LogP contribution >= 0.6 is 15.9 Å². The number of methoxy groups -OCH3 is 1. The zero-order valence-corrected chi connectivity index (χ0v) is 26.6. The van der Waals surface area contributed by atoms with Crippen molar-refractivity contribution in [2.24, 2.45) is 5.10 Å². The van der Waals surface area contributed by atoms with Gasteiger partial charge < -0.3 is 29.8 Å². The number of ketones is 4. The number of benzene rings is 2. The number of hydrogen-bond acceptors (Lipinski definition) is 13. The number of amides is 1. The number of H-pyrrole nitrogens is 1. The van der Waals surface area contributed by atoms with E-state index in [9.17, 15) is 44.1 Å². The van der Waals surface area contributed by atoms with E-state index in [1.165, 1.54) is 12.3 Å². The summed E-state index contributed by atoms with van der Waals surface area (Å²) >= 11 is 3.48. The third-order valence-corrected chi connectivity index (χ3v) is 10.1. The Morgan fingerprint density at radius 1 is 1.06 bits per heavy atom. The minimum Gasteiger partial charge on any atom is -0.507 e. The van der Waals surface area contributed by atoms with Crippen molar-refractivity contribution in [1.82, 2.24) is 15.3 Å². The number of phenolic OH excluding ortho intramolecular Hbond substituents is 3. The molecule has 0 unspecified atom stereocenters. The van der Waals surface area contributed by atoms with Gasteiger partial charge in [-0.15, -0.1) is 0 Å². The fraction of sp³-hybridized carbons (Fsp3) is 0.281. The molecule has 5 N–H and O–H groups in total. The maximum absolute atomic E-state index is 14.2. The Hall–Kier alpha value is -5.19. The average Bonchev–Trinajstić information content (AvgIpc) is 3.57. The van der Waals surface area contributed by atoms with Crippen molar-refractivity contribution in [3.8, 4) is 17.2 Å². The van der Waals surface area contributed by atoms with Gasteiger partial charge in [-0.25, -0.2) is 5.43 Å². The minimum atomic E-state index is -2.18. The fourth-order valence-corrected chi connectivity index (χ4v) is 7.75. The molecule has 15 nitrogen and oxygen atoms in total. The van der Waals surface area contributed by atoms with E-state index in [1.807, 2.05) is 4.90 Å². The van der Waals surface area contributed by atoms with E-state index in [0.29, 0.717) is 36.3 Å². The predicted molar refractivity (Wildman–Crippen MR) is 169 cm³/mol. The Kier molecular flexibility index (Phi) is 7.34. The Morgan fingerprint density at radius 3 is 2.40 bits per heavy atom. The smallest absolute Gasteiger partial charge is 0.260 e. The number of rotatable bonds is 5. The van der Waals surface area contributed by atoms with Gasteiger partial charge in [0.25, 0.3) is 11.5 Å². The second kappa shape index (κ2) is 11.2. The van der Waals surface area contributed by atoms with Crippen LogP contribution in [0.25, 0.3) is 10.8 Å². The zero-order chi connectivity index (χ0) is 34.2. The number of halogens is 1. The minimum absolute atomic E-state index is 0.0488. The molecule has 0 bridgehead atoms. The molecule has 7 rings (SSSR count). The summed E-state index contributed by atoms with van der Waals surface area (Å²) < 4.78 is 10.5. The van der Waals surface area contributed by atoms with Crippen LogP contribution in [0.15, 0.2) is 32.3 Å². The molecule has 1 atom stereocenters. The molecular formula is C32H25BrN4O11. The third kappa shape index (κ3) is 4.29. The van der Waals surface area contributed by atoms with E-state index < -0.39 is 79.4 Å². The Labute approximate surface area is 278 Å². The van der Waals surface area contributed by atoms with Crippen molar-refractivity contribution in [3.63, 3.8) is 0 Å². The molecule has 3 aromatic rings. The predicted octanol–water partition coefficient (Wildman–Crippen LogP) is 1.36. The van der Waals surface area contributed by atoms with Gasteiger partial charge in [0.15, 0.2) is 23.1 Å². The first-order chi connectivity index (χ1) is 22.9. The van der Waals surface area contributed by atoms with Crippen molar-refractivity contribution in [2.45, 2.75) is 18.3 Å². The average molecular weight is 721 g/mol. The number of allylic oxidation sites excluding steroid dienone is 2. The second-order valence-electron chi connectivity index (χ2n) is 11.7. The van der Waals surface area contributed by atoms with Crippen LogP contribution in [0.3, 0.4) is 0 Å². The van der Waals surface area contributed by atoms with E-state index in [2.05, 4.69) is 31.4 Å². The molecule has 1 saturated heterocycles. The molecule has 2 aromatic carbocycles. The van der Waals surface area contributed by atoms with E-state index in [-0.39, 0.29) is 47.3 Å². The molecule has 246 valence electrons. The number of aromatic nitrogens is 1. The van der Waals surface area contributed by atoms with Gasteiger partial charge >= 0.3 is 0 Å². The van der Waals surface area contributed by atoms with E-state index in [0.717, 1.165) is 13.2 Å². The lowest BCUT2D eigenvalue weighted by Gasteiger charge is -2.25. The second-order valence-corrected chi connectivity index (χ2v) is 12.5. The summed E-state index contributed by atoms with van der Waals surface area (Å²) in [5.41, 5.74) is -2.95. The third-order valence-electron chi connectivity index (χ3n) is 9.23. The van der Waals surface area contributed by atoms with Gasteiger partial charge in [-0.3, -0.25) is 33.7 Å².